The maximum Gasteiger partial charge on any atom is 0.216 e. The molecule has 24 heavy (non-hydrogen) atoms. The Hall–Kier alpha value is -1.83. The summed E-state index contributed by atoms with van der Waals surface area (Å²) in [6, 6.07) is 11.2. The molecule has 1 N–H and O–H groups in total. The first-order valence-electron chi connectivity index (χ1n) is 7.23. The largest absolute Gasteiger partial charge is 0.486 e. The lowest BCUT2D eigenvalue weighted by Gasteiger charge is -2.26. The standard InChI is InChI=1S/C16H15ClFNO4S/c17-13-4-3-5-14(18)12(13)10-24(20,21)19-8-11-9-22-15-6-1-2-7-16(15)23-11/h1-7,11,19H,8-10H2/t11-/m1/s1. The third-order valence-electron chi connectivity index (χ3n) is 3.49. The number of hydrogen-bond acceptors (Lipinski definition) is 4. The molecule has 1 heterocycles. The van der Waals surface area contributed by atoms with Gasteiger partial charge in [-0.15, -0.1) is 0 Å². The molecule has 0 radical (unpaired) electrons. The first kappa shape index (κ1) is 17.0. The first-order valence-corrected chi connectivity index (χ1v) is 9.26. The molecule has 0 spiro atoms. The van der Waals surface area contributed by atoms with E-state index in [4.69, 9.17) is 21.1 Å². The summed E-state index contributed by atoms with van der Waals surface area (Å²) >= 11 is 5.86. The molecular formula is C16H15ClFNO4S. The van der Waals surface area contributed by atoms with Gasteiger partial charge in [0, 0.05) is 10.6 Å². The normalized spacial score (nSPS) is 16.8. The number of benzene rings is 2. The van der Waals surface area contributed by atoms with Crippen LogP contribution in [0.2, 0.25) is 5.02 Å². The zero-order valence-corrected chi connectivity index (χ0v) is 14.1. The van der Waals surface area contributed by atoms with Gasteiger partial charge in [-0.25, -0.2) is 17.5 Å². The highest BCUT2D eigenvalue weighted by Crippen LogP contribution is 2.30. The number of ether oxygens (including phenoxy) is 2. The Bertz CT molecular complexity index is 823. The molecule has 128 valence electrons. The Kier molecular flexibility index (Phi) is 4.93. The summed E-state index contributed by atoms with van der Waals surface area (Å²) in [5.41, 5.74) is -0.0576. The van der Waals surface area contributed by atoms with Crippen molar-refractivity contribution in [2.24, 2.45) is 0 Å². The SMILES string of the molecule is O=S(=O)(Cc1c(F)cccc1Cl)NC[C@@H]1COc2ccccc2O1. The Morgan fingerprint density at radius 1 is 1.17 bits per heavy atom. The third kappa shape index (κ3) is 3.98. The van der Waals surface area contributed by atoms with Crippen LogP contribution in [0.5, 0.6) is 11.5 Å². The second-order valence-corrected chi connectivity index (χ2v) is 7.52. The molecule has 3 rings (SSSR count). The van der Waals surface area contributed by atoms with E-state index in [0.717, 1.165) is 0 Å². The molecule has 1 aliphatic heterocycles. The van der Waals surface area contributed by atoms with Crippen LogP contribution in [-0.2, 0) is 15.8 Å². The molecule has 2 aromatic rings. The van der Waals surface area contributed by atoms with Gasteiger partial charge in [-0.05, 0) is 24.3 Å². The van der Waals surface area contributed by atoms with Crippen LogP contribution in [0.1, 0.15) is 5.56 Å². The van der Waals surface area contributed by atoms with Crippen LogP contribution < -0.4 is 14.2 Å². The summed E-state index contributed by atoms with van der Waals surface area (Å²) in [5, 5.41) is 0.0755. The fraction of sp³-hybridized carbons (Fsp3) is 0.250. The molecule has 0 bridgehead atoms. The van der Waals surface area contributed by atoms with Crippen molar-refractivity contribution in [2.75, 3.05) is 13.2 Å². The Balaban J connectivity index is 1.62. The molecule has 0 aromatic heterocycles. The number of fused-ring (bicyclic) bond motifs is 1. The van der Waals surface area contributed by atoms with Gasteiger partial charge in [0.05, 0.1) is 12.3 Å². The van der Waals surface area contributed by atoms with E-state index in [1.54, 1.807) is 18.2 Å². The minimum atomic E-state index is -3.77. The van der Waals surface area contributed by atoms with Crippen molar-refractivity contribution in [1.29, 1.82) is 0 Å². The van der Waals surface area contributed by atoms with Crippen LogP contribution in [0, 0.1) is 5.82 Å². The number of halogens is 2. The third-order valence-corrected chi connectivity index (χ3v) is 5.12. The van der Waals surface area contributed by atoms with Crippen LogP contribution in [-0.4, -0.2) is 27.7 Å². The molecular weight excluding hydrogens is 357 g/mol. The van der Waals surface area contributed by atoms with Gasteiger partial charge in [0.15, 0.2) is 11.5 Å². The maximum absolute atomic E-state index is 13.7. The van der Waals surface area contributed by atoms with E-state index in [-0.39, 0.29) is 23.7 Å². The van der Waals surface area contributed by atoms with Crippen molar-refractivity contribution in [3.05, 3.63) is 58.9 Å². The second kappa shape index (κ2) is 6.96. The number of para-hydroxylation sites is 2. The zero-order valence-electron chi connectivity index (χ0n) is 12.5. The van der Waals surface area contributed by atoms with Crippen LogP contribution in [0.3, 0.4) is 0 Å². The topological polar surface area (TPSA) is 64.6 Å². The highest BCUT2D eigenvalue weighted by molar-refractivity contribution is 7.88. The molecule has 0 saturated carbocycles. The van der Waals surface area contributed by atoms with E-state index < -0.39 is 27.7 Å². The van der Waals surface area contributed by atoms with E-state index in [0.29, 0.717) is 11.5 Å². The van der Waals surface area contributed by atoms with Crippen molar-refractivity contribution in [1.82, 2.24) is 4.72 Å². The molecule has 1 aliphatic rings. The van der Waals surface area contributed by atoms with Gasteiger partial charge < -0.3 is 9.47 Å². The highest BCUT2D eigenvalue weighted by Gasteiger charge is 2.23. The van der Waals surface area contributed by atoms with E-state index in [9.17, 15) is 12.8 Å². The van der Waals surface area contributed by atoms with Gasteiger partial charge in [-0.3, -0.25) is 0 Å². The van der Waals surface area contributed by atoms with Crippen molar-refractivity contribution < 1.29 is 22.3 Å². The van der Waals surface area contributed by atoms with Crippen LogP contribution >= 0.6 is 11.6 Å². The molecule has 1 atom stereocenters. The number of sulfonamides is 1. The Morgan fingerprint density at radius 2 is 1.92 bits per heavy atom. The molecule has 0 aliphatic carbocycles. The highest BCUT2D eigenvalue weighted by atomic mass is 35.5. The van der Waals surface area contributed by atoms with Crippen molar-refractivity contribution in [3.63, 3.8) is 0 Å². The lowest BCUT2D eigenvalue weighted by atomic mass is 10.2. The van der Waals surface area contributed by atoms with Crippen LogP contribution in [0.15, 0.2) is 42.5 Å². The predicted octanol–water partition coefficient (Wildman–Crippen LogP) is 2.74. The fourth-order valence-corrected chi connectivity index (χ4v) is 3.82. The number of nitrogens with one attached hydrogen (secondary N) is 1. The molecule has 0 fully saturated rings. The van der Waals surface area contributed by atoms with E-state index >= 15 is 0 Å². The lowest BCUT2D eigenvalue weighted by molar-refractivity contribution is 0.0943. The Labute approximate surface area is 144 Å². The summed E-state index contributed by atoms with van der Waals surface area (Å²) in [6.45, 7) is 0.239. The average molecular weight is 372 g/mol. The second-order valence-electron chi connectivity index (χ2n) is 5.31. The molecule has 2 aromatic carbocycles. The van der Waals surface area contributed by atoms with E-state index in [1.165, 1.54) is 18.2 Å². The molecule has 8 heteroatoms. The zero-order chi connectivity index (χ0) is 17.2. The summed E-state index contributed by atoms with van der Waals surface area (Å²) in [5.74, 6) is -0.0123. The smallest absolute Gasteiger partial charge is 0.216 e. The summed E-state index contributed by atoms with van der Waals surface area (Å²) in [4.78, 5) is 0. The van der Waals surface area contributed by atoms with Crippen LogP contribution in [0.25, 0.3) is 0 Å². The Morgan fingerprint density at radius 3 is 2.67 bits per heavy atom. The van der Waals surface area contributed by atoms with Crippen molar-refractivity contribution in [3.8, 4) is 11.5 Å². The minimum Gasteiger partial charge on any atom is -0.486 e. The van der Waals surface area contributed by atoms with Crippen molar-refractivity contribution in [2.45, 2.75) is 11.9 Å². The summed E-state index contributed by atoms with van der Waals surface area (Å²) in [7, 11) is -3.77. The molecule has 0 saturated heterocycles. The monoisotopic (exact) mass is 371 g/mol. The predicted molar refractivity (Wildman–Crippen MR) is 88.4 cm³/mol. The van der Waals surface area contributed by atoms with Gasteiger partial charge in [0.2, 0.25) is 10.0 Å². The summed E-state index contributed by atoms with van der Waals surface area (Å²) < 4.78 is 51.6. The van der Waals surface area contributed by atoms with Crippen LogP contribution in [0.4, 0.5) is 4.39 Å². The van der Waals surface area contributed by atoms with Gasteiger partial charge in [-0.2, -0.15) is 0 Å². The van der Waals surface area contributed by atoms with Crippen molar-refractivity contribution >= 4 is 21.6 Å². The maximum atomic E-state index is 13.7. The summed E-state index contributed by atoms with van der Waals surface area (Å²) in [6.07, 6.45) is -0.467. The molecule has 5 nitrogen and oxygen atoms in total. The van der Waals surface area contributed by atoms with Gasteiger partial charge in [0.1, 0.15) is 18.5 Å². The van der Waals surface area contributed by atoms with Gasteiger partial charge in [0.25, 0.3) is 0 Å². The van der Waals surface area contributed by atoms with E-state index in [2.05, 4.69) is 4.72 Å². The number of rotatable bonds is 5. The molecule has 0 amide bonds. The quantitative estimate of drug-likeness (QED) is 0.877. The molecule has 0 unspecified atom stereocenters. The minimum absolute atomic E-state index is 0.0166. The van der Waals surface area contributed by atoms with E-state index in [1.807, 2.05) is 6.07 Å². The van der Waals surface area contributed by atoms with Gasteiger partial charge >= 0.3 is 0 Å². The first-order chi connectivity index (χ1) is 11.4. The fourth-order valence-electron chi connectivity index (χ4n) is 2.29. The average Bonchev–Trinajstić information content (AvgIpc) is 2.56. The number of hydrogen-bond donors (Lipinski definition) is 1. The van der Waals surface area contributed by atoms with Gasteiger partial charge in [-0.1, -0.05) is 29.8 Å². The lowest BCUT2D eigenvalue weighted by Crippen LogP contribution is -2.41.